The van der Waals surface area contributed by atoms with Crippen molar-refractivity contribution in [3.8, 4) is 0 Å². The summed E-state index contributed by atoms with van der Waals surface area (Å²) in [6.07, 6.45) is 3.36. The van der Waals surface area contributed by atoms with Gasteiger partial charge in [0.05, 0.1) is 17.3 Å². The first kappa shape index (κ1) is 13.1. The molecule has 0 aliphatic heterocycles. The molecule has 0 amide bonds. The molecule has 4 nitrogen and oxygen atoms in total. The Balaban J connectivity index is 1.99. The lowest BCUT2D eigenvalue weighted by molar-refractivity contribution is 0.178. The second-order valence-electron chi connectivity index (χ2n) is 4.74. The molecule has 20 heavy (non-hydrogen) atoms. The molecule has 1 aromatic carbocycles. The third-order valence-corrected chi connectivity index (χ3v) is 3.61. The molecule has 5 heteroatoms. The molecule has 1 atom stereocenters. The number of pyridine rings is 1. The Bertz CT molecular complexity index is 754. The zero-order valence-corrected chi connectivity index (χ0v) is 11.7. The van der Waals surface area contributed by atoms with Gasteiger partial charge in [-0.25, -0.2) is 0 Å². The standard InChI is InChI=1S/C15H14ClN3O/c1-19-8-6-10(18-19)9-14(20)12-4-5-13(16)11-3-2-7-17-15(11)12/h2-8,14,20H,9H2,1H3. The predicted molar refractivity (Wildman–Crippen MR) is 78.6 cm³/mol. The van der Waals surface area contributed by atoms with Crippen LogP contribution in [0.1, 0.15) is 17.4 Å². The summed E-state index contributed by atoms with van der Waals surface area (Å²) in [5, 5.41) is 16.2. The van der Waals surface area contributed by atoms with Crippen molar-refractivity contribution in [2.24, 2.45) is 7.05 Å². The van der Waals surface area contributed by atoms with Crippen LogP contribution in [0.4, 0.5) is 0 Å². The van der Waals surface area contributed by atoms with Crippen LogP contribution in [-0.2, 0) is 13.5 Å². The summed E-state index contributed by atoms with van der Waals surface area (Å²) in [6.45, 7) is 0. The van der Waals surface area contributed by atoms with Gasteiger partial charge >= 0.3 is 0 Å². The van der Waals surface area contributed by atoms with Crippen molar-refractivity contribution in [1.82, 2.24) is 14.8 Å². The summed E-state index contributed by atoms with van der Waals surface area (Å²) in [4.78, 5) is 4.34. The molecule has 0 radical (unpaired) electrons. The molecule has 3 rings (SSSR count). The summed E-state index contributed by atoms with van der Waals surface area (Å²) in [5.74, 6) is 0. The number of fused-ring (bicyclic) bond motifs is 1. The molecular formula is C15H14ClN3O. The number of hydrogen-bond donors (Lipinski definition) is 1. The fourth-order valence-corrected chi connectivity index (χ4v) is 2.52. The lowest BCUT2D eigenvalue weighted by Gasteiger charge is -2.12. The summed E-state index contributed by atoms with van der Waals surface area (Å²) in [5.41, 5.74) is 2.36. The summed E-state index contributed by atoms with van der Waals surface area (Å²) in [7, 11) is 1.86. The van der Waals surface area contributed by atoms with Crippen LogP contribution in [0.3, 0.4) is 0 Å². The first-order chi connectivity index (χ1) is 9.65. The number of halogens is 1. The van der Waals surface area contributed by atoms with Gasteiger partial charge < -0.3 is 5.11 Å². The predicted octanol–water partition coefficient (Wildman–Crippen LogP) is 2.90. The maximum atomic E-state index is 10.4. The molecule has 0 saturated heterocycles. The van der Waals surface area contributed by atoms with E-state index >= 15 is 0 Å². The number of nitrogens with zero attached hydrogens (tertiary/aromatic N) is 3. The Morgan fingerprint density at radius 2 is 2.15 bits per heavy atom. The van der Waals surface area contributed by atoms with Crippen LogP contribution in [-0.4, -0.2) is 19.9 Å². The quantitative estimate of drug-likeness (QED) is 0.806. The molecule has 102 valence electrons. The Morgan fingerprint density at radius 3 is 2.90 bits per heavy atom. The van der Waals surface area contributed by atoms with Crippen molar-refractivity contribution in [3.63, 3.8) is 0 Å². The highest BCUT2D eigenvalue weighted by Gasteiger charge is 2.15. The van der Waals surface area contributed by atoms with Crippen LogP contribution in [0, 0.1) is 0 Å². The van der Waals surface area contributed by atoms with Gasteiger partial charge in [-0.1, -0.05) is 17.7 Å². The van der Waals surface area contributed by atoms with E-state index in [9.17, 15) is 5.11 Å². The van der Waals surface area contributed by atoms with Crippen LogP contribution >= 0.6 is 11.6 Å². The molecule has 0 aliphatic carbocycles. The molecule has 0 fully saturated rings. The number of hydrogen-bond acceptors (Lipinski definition) is 3. The van der Waals surface area contributed by atoms with Gasteiger partial charge in [-0.05, 0) is 24.3 Å². The fraction of sp³-hybridized carbons (Fsp3) is 0.200. The number of aliphatic hydroxyl groups is 1. The Labute approximate surface area is 121 Å². The third kappa shape index (κ3) is 2.40. The maximum absolute atomic E-state index is 10.4. The summed E-state index contributed by atoms with van der Waals surface area (Å²) in [6, 6.07) is 9.26. The van der Waals surface area contributed by atoms with Crippen molar-refractivity contribution >= 4 is 22.5 Å². The summed E-state index contributed by atoms with van der Waals surface area (Å²) < 4.78 is 1.72. The van der Waals surface area contributed by atoms with E-state index in [1.807, 2.05) is 37.5 Å². The van der Waals surface area contributed by atoms with E-state index in [-0.39, 0.29) is 0 Å². The van der Waals surface area contributed by atoms with E-state index < -0.39 is 6.10 Å². The minimum absolute atomic E-state index is 0.453. The first-order valence-electron chi connectivity index (χ1n) is 6.35. The van der Waals surface area contributed by atoms with Gasteiger partial charge in [0.15, 0.2) is 0 Å². The third-order valence-electron chi connectivity index (χ3n) is 3.28. The largest absolute Gasteiger partial charge is 0.388 e. The van der Waals surface area contributed by atoms with E-state index in [1.165, 1.54) is 0 Å². The van der Waals surface area contributed by atoms with Crippen LogP contribution in [0.2, 0.25) is 5.02 Å². The zero-order chi connectivity index (χ0) is 14.1. The number of aliphatic hydroxyl groups excluding tert-OH is 1. The van der Waals surface area contributed by atoms with E-state index in [0.29, 0.717) is 11.4 Å². The average Bonchev–Trinajstić information content (AvgIpc) is 2.84. The highest BCUT2D eigenvalue weighted by molar-refractivity contribution is 6.35. The lowest BCUT2D eigenvalue weighted by Crippen LogP contribution is -2.04. The van der Waals surface area contributed by atoms with Crippen LogP contribution in [0.15, 0.2) is 42.7 Å². The van der Waals surface area contributed by atoms with Crippen molar-refractivity contribution < 1.29 is 5.11 Å². The van der Waals surface area contributed by atoms with Gasteiger partial charge in [0.1, 0.15) is 0 Å². The normalized spacial score (nSPS) is 12.8. The second kappa shape index (κ2) is 5.23. The molecule has 0 spiro atoms. The molecule has 2 aromatic heterocycles. The van der Waals surface area contributed by atoms with Gasteiger partial charge in [-0.15, -0.1) is 0 Å². The first-order valence-corrected chi connectivity index (χ1v) is 6.72. The zero-order valence-electron chi connectivity index (χ0n) is 11.0. The highest BCUT2D eigenvalue weighted by atomic mass is 35.5. The van der Waals surface area contributed by atoms with Crippen molar-refractivity contribution in [2.45, 2.75) is 12.5 Å². The van der Waals surface area contributed by atoms with Crippen molar-refractivity contribution in [1.29, 1.82) is 0 Å². The Hall–Kier alpha value is -1.91. The molecule has 0 saturated carbocycles. The lowest BCUT2D eigenvalue weighted by atomic mass is 10.0. The average molecular weight is 288 g/mol. The molecular weight excluding hydrogens is 274 g/mol. The van der Waals surface area contributed by atoms with Gasteiger partial charge in [0.2, 0.25) is 0 Å². The van der Waals surface area contributed by atoms with Crippen LogP contribution in [0.25, 0.3) is 10.9 Å². The summed E-state index contributed by atoms with van der Waals surface area (Å²) >= 11 is 6.16. The van der Waals surface area contributed by atoms with Gasteiger partial charge in [-0.3, -0.25) is 9.67 Å². The fourth-order valence-electron chi connectivity index (χ4n) is 2.31. The molecule has 1 N–H and O–H groups in total. The SMILES string of the molecule is Cn1ccc(CC(O)c2ccc(Cl)c3cccnc23)n1. The topological polar surface area (TPSA) is 50.9 Å². The van der Waals surface area contributed by atoms with Crippen LogP contribution in [0.5, 0.6) is 0 Å². The monoisotopic (exact) mass is 287 g/mol. The number of aromatic nitrogens is 3. The van der Waals surface area contributed by atoms with E-state index in [1.54, 1.807) is 16.9 Å². The van der Waals surface area contributed by atoms with Gasteiger partial charge in [0, 0.05) is 41.8 Å². The van der Waals surface area contributed by atoms with Gasteiger partial charge in [0.25, 0.3) is 0 Å². The van der Waals surface area contributed by atoms with Crippen molar-refractivity contribution in [2.75, 3.05) is 0 Å². The highest BCUT2D eigenvalue weighted by Crippen LogP contribution is 2.29. The molecule has 1 unspecified atom stereocenters. The van der Waals surface area contributed by atoms with Crippen LogP contribution < -0.4 is 0 Å². The number of benzene rings is 1. The van der Waals surface area contributed by atoms with E-state index in [4.69, 9.17) is 11.6 Å². The number of rotatable bonds is 3. The second-order valence-corrected chi connectivity index (χ2v) is 5.14. The Morgan fingerprint density at radius 1 is 1.30 bits per heavy atom. The van der Waals surface area contributed by atoms with Gasteiger partial charge in [-0.2, -0.15) is 5.10 Å². The minimum atomic E-state index is -0.653. The molecule has 2 heterocycles. The van der Waals surface area contributed by atoms with E-state index in [0.717, 1.165) is 22.2 Å². The van der Waals surface area contributed by atoms with E-state index in [2.05, 4.69) is 10.1 Å². The minimum Gasteiger partial charge on any atom is -0.388 e. The maximum Gasteiger partial charge on any atom is 0.0867 e. The molecule has 3 aromatic rings. The Kier molecular flexibility index (Phi) is 3.42. The molecule has 0 aliphatic rings. The molecule has 0 bridgehead atoms. The number of aryl methyl sites for hydroxylation is 1. The van der Waals surface area contributed by atoms with Crippen molar-refractivity contribution in [3.05, 3.63) is 59.0 Å². The smallest absolute Gasteiger partial charge is 0.0867 e.